The number of rotatable bonds is 4. The number of anilines is 1. The summed E-state index contributed by atoms with van der Waals surface area (Å²) in [6.45, 7) is 4.90. The standard InChI is InChI=1S/C13H22N4OS/c1-9-11(19-13(14)16-9)12(18)15-6-3-10-4-7-17(2)8-5-10/h10H,3-8H2,1-2H3,(H2,14,16)(H,15,18). The third-order valence-corrected chi connectivity index (χ3v) is 4.68. The average Bonchev–Trinajstić information content (AvgIpc) is 2.71. The highest BCUT2D eigenvalue weighted by Crippen LogP contribution is 2.20. The van der Waals surface area contributed by atoms with Crippen molar-refractivity contribution in [3.8, 4) is 0 Å². The van der Waals surface area contributed by atoms with Gasteiger partial charge in [-0.15, -0.1) is 0 Å². The number of amides is 1. The van der Waals surface area contributed by atoms with Gasteiger partial charge >= 0.3 is 0 Å². The summed E-state index contributed by atoms with van der Waals surface area (Å²) in [6.07, 6.45) is 3.53. The number of nitrogens with zero attached hydrogens (tertiary/aromatic N) is 2. The van der Waals surface area contributed by atoms with Crippen LogP contribution in [0.25, 0.3) is 0 Å². The molecule has 0 aliphatic carbocycles. The molecular weight excluding hydrogens is 260 g/mol. The Morgan fingerprint density at radius 1 is 1.53 bits per heavy atom. The number of carbonyl (C=O) groups is 1. The van der Waals surface area contributed by atoms with E-state index in [9.17, 15) is 4.79 Å². The predicted molar refractivity (Wildman–Crippen MR) is 78.4 cm³/mol. The number of hydrogen-bond donors (Lipinski definition) is 2. The highest BCUT2D eigenvalue weighted by Gasteiger charge is 2.17. The van der Waals surface area contributed by atoms with Gasteiger partial charge in [-0.05, 0) is 52.2 Å². The number of hydrogen-bond acceptors (Lipinski definition) is 5. The Labute approximate surface area is 118 Å². The van der Waals surface area contributed by atoms with Gasteiger partial charge in [0.25, 0.3) is 5.91 Å². The molecule has 0 atom stereocenters. The van der Waals surface area contributed by atoms with E-state index in [1.807, 2.05) is 6.92 Å². The van der Waals surface area contributed by atoms with E-state index < -0.39 is 0 Å². The van der Waals surface area contributed by atoms with Crippen molar-refractivity contribution in [2.24, 2.45) is 5.92 Å². The third-order valence-electron chi connectivity index (χ3n) is 3.70. The fourth-order valence-electron chi connectivity index (χ4n) is 2.45. The van der Waals surface area contributed by atoms with E-state index >= 15 is 0 Å². The average molecular weight is 282 g/mol. The first kappa shape index (κ1) is 14.3. The fraction of sp³-hybridized carbons (Fsp3) is 0.692. The van der Waals surface area contributed by atoms with Crippen LogP contribution in [0, 0.1) is 12.8 Å². The molecule has 1 amide bonds. The molecule has 0 aromatic carbocycles. The molecule has 0 saturated carbocycles. The van der Waals surface area contributed by atoms with Gasteiger partial charge in [0.15, 0.2) is 5.13 Å². The number of nitrogens with two attached hydrogens (primary N) is 1. The first-order valence-corrected chi connectivity index (χ1v) is 7.57. The zero-order chi connectivity index (χ0) is 13.8. The Morgan fingerprint density at radius 3 is 2.79 bits per heavy atom. The van der Waals surface area contributed by atoms with E-state index in [0.717, 1.165) is 24.6 Å². The number of nitrogens with one attached hydrogen (secondary N) is 1. The molecule has 6 heteroatoms. The number of likely N-dealkylation sites (tertiary alicyclic amines) is 1. The lowest BCUT2D eigenvalue weighted by Gasteiger charge is -2.28. The van der Waals surface area contributed by atoms with Gasteiger partial charge in [-0.1, -0.05) is 11.3 Å². The lowest BCUT2D eigenvalue weighted by Crippen LogP contribution is -2.32. The summed E-state index contributed by atoms with van der Waals surface area (Å²) in [6, 6.07) is 0. The maximum atomic E-state index is 12.0. The van der Waals surface area contributed by atoms with Crippen molar-refractivity contribution in [2.45, 2.75) is 26.2 Å². The molecule has 2 heterocycles. The number of nitrogen functional groups attached to an aromatic ring is 1. The van der Waals surface area contributed by atoms with Crippen LogP contribution in [0.2, 0.25) is 0 Å². The van der Waals surface area contributed by atoms with Crippen molar-refractivity contribution in [1.82, 2.24) is 15.2 Å². The van der Waals surface area contributed by atoms with E-state index in [1.165, 1.54) is 37.3 Å². The smallest absolute Gasteiger partial charge is 0.263 e. The SMILES string of the molecule is Cc1nc(N)sc1C(=O)NCCC1CCN(C)CC1. The Kier molecular flexibility index (Phi) is 4.76. The fourth-order valence-corrected chi connectivity index (χ4v) is 3.20. The minimum Gasteiger partial charge on any atom is -0.375 e. The maximum absolute atomic E-state index is 12.0. The number of thiazole rings is 1. The second kappa shape index (κ2) is 6.34. The van der Waals surface area contributed by atoms with Crippen LogP contribution < -0.4 is 11.1 Å². The molecule has 5 nitrogen and oxygen atoms in total. The van der Waals surface area contributed by atoms with Crippen LogP contribution in [0.4, 0.5) is 5.13 Å². The highest BCUT2D eigenvalue weighted by atomic mass is 32.1. The number of carbonyl (C=O) groups excluding carboxylic acids is 1. The summed E-state index contributed by atoms with van der Waals surface area (Å²) in [4.78, 5) is 19.0. The van der Waals surface area contributed by atoms with Crippen LogP contribution in [-0.2, 0) is 0 Å². The lowest BCUT2D eigenvalue weighted by molar-refractivity contribution is 0.0952. The Hall–Kier alpha value is -1.14. The number of aryl methyl sites for hydroxylation is 1. The van der Waals surface area contributed by atoms with Crippen molar-refractivity contribution < 1.29 is 4.79 Å². The molecule has 2 rings (SSSR count). The largest absolute Gasteiger partial charge is 0.375 e. The van der Waals surface area contributed by atoms with Crippen molar-refractivity contribution >= 4 is 22.4 Å². The van der Waals surface area contributed by atoms with Gasteiger partial charge in [-0.25, -0.2) is 4.98 Å². The van der Waals surface area contributed by atoms with E-state index in [0.29, 0.717) is 10.0 Å². The molecule has 1 aromatic heterocycles. The summed E-state index contributed by atoms with van der Waals surface area (Å²) >= 11 is 1.26. The van der Waals surface area contributed by atoms with Crippen molar-refractivity contribution in [3.63, 3.8) is 0 Å². The second-order valence-corrected chi connectivity index (χ2v) is 6.29. The normalized spacial score (nSPS) is 17.6. The zero-order valence-corrected chi connectivity index (χ0v) is 12.4. The van der Waals surface area contributed by atoms with Gasteiger partial charge in [-0.3, -0.25) is 4.79 Å². The van der Waals surface area contributed by atoms with Crippen molar-refractivity contribution in [2.75, 3.05) is 32.4 Å². The van der Waals surface area contributed by atoms with Gasteiger partial charge in [0.05, 0.1) is 5.69 Å². The van der Waals surface area contributed by atoms with Crippen LogP contribution in [0.5, 0.6) is 0 Å². The minimum absolute atomic E-state index is 0.0420. The molecule has 1 saturated heterocycles. The summed E-state index contributed by atoms with van der Waals surface area (Å²) in [5, 5.41) is 3.43. The lowest BCUT2D eigenvalue weighted by atomic mass is 9.94. The molecule has 0 radical (unpaired) electrons. The second-order valence-electron chi connectivity index (χ2n) is 5.26. The Balaban J connectivity index is 1.74. The summed E-state index contributed by atoms with van der Waals surface area (Å²) in [5.41, 5.74) is 6.32. The van der Waals surface area contributed by atoms with Gasteiger partial charge < -0.3 is 16.0 Å². The van der Waals surface area contributed by atoms with Crippen molar-refractivity contribution in [3.05, 3.63) is 10.6 Å². The van der Waals surface area contributed by atoms with Crippen LogP contribution in [0.3, 0.4) is 0 Å². The van der Waals surface area contributed by atoms with E-state index in [4.69, 9.17) is 5.73 Å². The molecule has 3 N–H and O–H groups in total. The van der Waals surface area contributed by atoms with Crippen LogP contribution in [0.15, 0.2) is 0 Å². The quantitative estimate of drug-likeness (QED) is 0.878. The molecular formula is C13H22N4OS. The summed E-state index contributed by atoms with van der Waals surface area (Å²) in [5.74, 6) is 0.698. The van der Waals surface area contributed by atoms with E-state index in [1.54, 1.807) is 0 Å². The molecule has 1 aromatic rings. The molecule has 0 spiro atoms. The van der Waals surface area contributed by atoms with Crippen LogP contribution >= 0.6 is 11.3 Å². The van der Waals surface area contributed by atoms with Gasteiger partial charge in [0.1, 0.15) is 4.88 Å². The number of aromatic nitrogens is 1. The molecule has 1 aliphatic heterocycles. The Morgan fingerprint density at radius 2 is 2.21 bits per heavy atom. The van der Waals surface area contributed by atoms with Gasteiger partial charge in [-0.2, -0.15) is 0 Å². The Bertz CT molecular complexity index is 438. The number of piperidine rings is 1. The van der Waals surface area contributed by atoms with Gasteiger partial charge in [0, 0.05) is 6.54 Å². The van der Waals surface area contributed by atoms with E-state index in [-0.39, 0.29) is 5.91 Å². The molecule has 0 unspecified atom stereocenters. The molecule has 19 heavy (non-hydrogen) atoms. The van der Waals surface area contributed by atoms with Gasteiger partial charge in [0.2, 0.25) is 0 Å². The molecule has 1 fully saturated rings. The molecule has 0 bridgehead atoms. The van der Waals surface area contributed by atoms with Crippen LogP contribution in [-0.4, -0.2) is 42.5 Å². The first-order chi connectivity index (χ1) is 9.06. The monoisotopic (exact) mass is 282 g/mol. The highest BCUT2D eigenvalue weighted by molar-refractivity contribution is 7.17. The minimum atomic E-state index is -0.0420. The summed E-state index contributed by atoms with van der Waals surface area (Å²) < 4.78 is 0. The van der Waals surface area contributed by atoms with Crippen molar-refractivity contribution in [1.29, 1.82) is 0 Å². The topological polar surface area (TPSA) is 71.2 Å². The predicted octanol–water partition coefficient (Wildman–Crippen LogP) is 1.50. The summed E-state index contributed by atoms with van der Waals surface area (Å²) in [7, 11) is 2.16. The first-order valence-electron chi connectivity index (χ1n) is 6.76. The van der Waals surface area contributed by atoms with E-state index in [2.05, 4.69) is 22.2 Å². The van der Waals surface area contributed by atoms with Crippen LogP contribution in [0.1, 0.15) is 34.6 Å². The zero-order valence-electron chi connectivity index (χ0n) is 11.6. The molecule has 106 valence electrons. The molecule has 1 aliphatic rings. The third kappa shape index (κ3) is 3.91. The maximum Gasteiger partial charge on any atom is 0.263 e.